The van der Waals surface area contributed by atoms with Crippen LogP contribution in [-0.4, -0.2) is 19.8 Å². The van der Waals surface area contributed by atoms with Gasteiger partial charge in [-0.3, -0.25) is 0 Å². The number of epoxide rings is 1. The van der Waals surface area contributed by atoms with Crippen molar-refractivity contribution in [1.29, 1.82) is 0 Å². The maximum absolute atomic E-state index is 5.58. The van der Waals surface area contributed by atoms with Crippen molar-refractivity contribution in [2.24, 2.45) is 0 Å². The molecule has 2 atom stereocenters. The van der Waals surface area contributed by atoms with Crippen molar-refractivity contribution in [1.82, 2.24) is 0 Å². The summed E-state index contributed by atoms with van der Waals surface area (Å²) in [4.78, 5) is 0. The Morgan fingerprint density at radius 1 is 1.42 bits per heavy atom. The van der Waals surface area contributed by atoms with Crippen LogP contribution in [0.1, 0.15) is 20.3 Å². The summed E-state index contributed by atoms with van der Waals surface area (Å²) < 4.78 is 5.58. The summed E-state index contributed by atoms with van der Waals surface area (Å²) in [7, 11) is -1.03. The van der Waals surface area contributed by atoms with Gasteiger partial charge in [0, 0.05) is 0 Å². The van der Waals surface area contributed by atoms with Gasteiger partial charge in [0.15, 0.2) is 0 Å². The van der Waals surface area contributed by atoms with E-state index in [0.717, 1.165) is 6.42 Å². The molecule has 0 aromatic rings. The lowest BCUT2D eigenvalue weighted by Gasteiger charge is -2.09. The van der Waals surface area contributed by atoms with E-state index in [-0.39, 0.29) is 5.60 Å². The molecule has 0 bridgehead atoms. The van der Waals surface area contributed by atoms with Gasteiger partial charge in [0.05, 0.1) is 14.2 Å². The van der Waals surface area contributed by atoms with Crippen LogP contribution in [0.3, 0.4) is 0 Å². The highest BCUT2D eigenvalue weighted by molar-refractivity contribution is 6.80. The third kappa shape index (κ3) is 2.46. The van der Waals surface area contributed by atoms with Gasteiger partial charge in [0.2, 0.25) is 0 Å². The van der Waals surface area contributed by atoms with Crippen LogP contribution in [0, 0.1) is 0 Å². The highest BCUT2D eigenvalue weighted by Gasteiger charge is 2.48. The minimum atomic E-state index is -1.03. The van der Waals surface area contributed by atoms with Crippen LogP contribution < -0.4 is 0 Å². The standard InChI is InChI=1S/C10H20OSi/c1-6-9-10(2,11-9)7-8-12(3,4)5/h7-9H,6H2,1-5H3. The highest BCUT2D eigenvalue weighted by atomic mass is 28.3. The van der Waals surface area contributed by atoms with E-state index >= 15 is 0 Å². The molecular formula is C10H20OSi. The minimum Gasteiger partial charge on any atom is -0.362 e. The number of hydrogen-bond donors (Lipinski definition) is 0. The molecule has 0 aromatic heterocycles. The van der Waals surface area contributed by atoms with E-state index in [4.69, 9.17) is 4.74 Å². The Morgan fingerprint density at radius 3 is 2.33 bits per heavy atom. The van der Waals surface area contributed by atoms with Gasteiger partial charge in [-0.2, -0.15) is 0 Å². The summed E-state index contributed by atoms with van der Waals surface area (Å²) in [6.45, 7) is 11.4. The van der Waals surface area contributed by atoms with E-state index in [0.29, 0.717) is 6.10 Å². The summed E-state index contributed by atoms with van der Waals surface area (Å²) in [5.74, 6) is 0. The van der Waals surface area contributed by atoms with Gasteiger partial charge in [-0.05, 0) is 13.3 Å². The van der Waals surface area contributed by atoms with Crippen LogP contribution in [0.5, 0.6) is 0 Å². The molecule has 2 heteroatoms. The average Bonchev–Trinajstić information content (AvgIpc) is 2.58. The smallest absolute Gasteiger partial charge is 0.110 e. The van der Waals surface area contributed by atoms with Crippen LogP contribution >= 0.6 is 0 Å². The highest BCUT2D eigenvalue weighted by Crippen LogP contribution is 2.39. The second-order valence-corrected chi connectivity index (χ2v) is 9.96. The van der Waals surface area contributed by atoms with Gasteiger partial charge in [-0.25, -0.2) is 0 Å². The molecule has 1 saturated heterocycles. The first-order valence-corrected chi connectivity index (χ1v) is 8.33. The van der Waals surface area contributed by atoms with E-state index in [1.165, 1.54) is 0 Å². The van der Waals surface area contributed by atoms with Gasteiger partial charge in [0.25, 0.3) is 0 Å². The van der Waals surface area contributed by atoms with E-state index < -0.39 is 8.07 Å². The zero-order valence-corrected chi connectivity index (χ0v) is 9.85. The molecule has 1 aliphatic rings. The first-order chi connectivity index (χ1) is 5.37. The number of rotatable bonds is 3. The van der Waals surface area contributed by atoms with Crippen molar-refractivity contribution in [2.75, 3.05) is 0 Å². The number of ether oxygens (including phenoxy) is 1. The van der Waals surface area contributed by atoms with Crippen molar-refractivity contribution < 1.29 is 4.74 Å². The molecule has 12 heavy (non-hydrogen) atoms. The molecule has 0 saturated carbocycles. The van der Waals surface area contributed by atoms with Gasteiger partial charge in [0.1, 0.15) is 5.60 Å². The lowest BCUT2D eigenvalue weighted by molar-refractivity contribution is 0.340. The van der Waals surface area contributed by atoms with E-state index in [1.54, 1.807) is 0 Å². The Hall–Kier alpha value is -0.0831. The summed E-state index contributed by atoms with van der Waals surface area (Å²) in [5.41, 5.74) is 2.46. The third-order valence-corrected chi connectivity index (χ3v) is 3.43. The second-order valence-electron chi connectivity index (χ2n) is 4.90. The fraction of sp³-hybridized carbons (Fsp3) is 0.800. The molecule has 0 N–H and O–H groups in total. The molecule has 0 aromatic carbocycles. The van der Waals surface area contributed by atoms with Gasteiger partial charge in [-0.1, -0.05) is 38.3 Å². The lowest BCUT2D eigenvalue weighted by atomic mass is 10.1. The summed E-state index contributed by atoms with van der Waals surface area (Å²) in [6, 6.07) is 0. The largest absolute Gasteiger partial charge is 0.362 e. The quantitative estimate of drug-likeness (QED) is 0.485. The third-order valence-electron chi connectivity index (χ3n) is 2.26. The SMILES string of the molecule is CCC1OC1(C)C=C[Si](C)(C)C. The molecule has 1 nitrogen and oxygen atoms in total. The molecule has 1 heterocycles. The molecule has 1 fully saturated rings. The minimum absolute atomic E-state index is 0.0784. The Balaban J connectivity index is 2.48. The Bertz CT molecular complexity index is 193. The Morgan fingerprint density at radius 2 is 2.00 bits per heavy atom. The topological polar surface area (TPSA) is 12.5 Å². The predicted octanol–water partition coefficient (Wildman–Crippen LogP) is 2.99. The maximum atomic E-state index is 5.58. The molecule has 1 aliphatic heterocycles. The van der Waals surface area contributed by atoms with Gasteiger partial charge < -0.3 is 4.74 Å². The normalized spacial score (nSPS) is 35.9. The first-order valence-electron chi connectivity index (χ1n) is 4.75. The zero-order valence-electron chi connectivity index (χ0n) is 8.85. The number of hydrogen-bond acceptors (Lipinski definition) is 1. The van der Waals surface area contributed by atoms with Crippen LogP contribution in [0.25, 0.3) is 0 Å². The lowest BCUT2D eigenvalue weighted by Crippen LogP contribution is -2.17. The zero-order chi connectivity index (χ0) is 9.41. The van der Waals surface area contributed by atoms with Crippen molar-refractivity contribution in [3.63, 3.8) is 0 Å². The van der Waals surface area contributed by atoms with Crippen molar-refractivity contribution in [2.45, 2.75) is 51.6 Å². The van der Waals surface area contributed by atoms with E-state index in [1.807, 2.05) is 0 Å². The van der Waals surface area contributed by atoms with Crippen LogP contribution in [0.4, 0.5) is 0 Å². The molecule has 0 radical (unpaired) electrons. The predicted molar refractivity (Wildman–Crippen MR) is 56.1 cm³/mol. The van der Waals surface area contributed by atoms with Crippen LogP contribution in [0.2, 0.25) is 19.6 Å². The molecule has 0 spiro atoms. The first kappa shape index (κ1) is 10.0. The molecule has 0 amide bonds. The monoisotopic (exact) mass is 184 g/mol. The van der Waals surface area contributed by atoms with Gasteiger partial charge in [-0.15, -0.1) is 0 Å². The molecular weight excluding hydrogens is 164 g/mol. The van der Waals surface area contributed by atoms with E-state index in [2.05, 4.69) is 45.3 Å². The Labute approximate surface area is 76.8 Å². The van der Waals surface area contributed by atoms with Gasteiger partial charge >= 0.3 is 0 Å². The van der Waals surface area contributed by atoms with E-state index in [9.17, 15) is 0 Å². The fourth-order valence-corrected chi connectivity index (χ4v) is 2.15. The summed E-state index contributed by atoms with van der Waals surface area (Å²) in [6.07, 6.45) is 3.88. The van der Waals surface area contributed by atoms with Crippen molar-refractivity contribution >= 4 is 8.07 Å². The maximum Gasteiger partial charge on any atom is 0.110 e. The Kier molecular flexibility index (Phi) is 2.50. The molecule has 1 rings (SSSR count). The van der Waals surface area contributed by atoms with Crippen molar-refractivity contribution in [3.8, 4) is 0 Å². The molecule has 70 valence electrons. The fourth-order valence-electron chi connectivity index (χ4n) is 1.32. The average molecular weight is 184 g/mol. The van der Waals surface area contributed by atoms with Crippen LogP contribution in [0.15, 0.2) is 11.8 Å². The van der Waals surface area contributed by atoms with Crippen LogP contribution in [-0.2, 0) is 4.74 Å². The molecule has 2 unspecified atom stereocenters. The molecule has 0 aliphatic carbocycles. The second kappa shape index (κ2) is 3.00. The summed E-state index contributed by atoms with van der Waals surface area (Å²) >= 11 is 0. The van der Waals surface area contributed by atoms with Crippen molar-refractivity contribution in [3.05, 3.63) is 11.8 Å². The summed E-state index contributed by atoms with van der Waals surface area (Å²) in [5, 5.41) is 0.